The van der Waals surface area contributed by atoms with E-state index in [2.05, 4.69) is 5.14 Å². The van der Waals surface area contributed by atoms with Gasteiger partial charge in [-0.25, -0.2) is 22.0 Å². The molecule has 0 aromatic carbocycles. The normalized spacial score (nSPS) is 9.65. The summed E-state index contributed by atoms with van der Waals surface area (Å²) in [4.78, 5) is 0. The van der Waals surface area contributed by atoms with Gasteiger partial charge in [-0.15, -0.1) is 0 Å². The molecular weight excluding hydrogens is 292 g/mol. The van der Waals surface area contributed by atoms with Gasteiger partial charge in [0.15, 0.2) is 0 Å². The molecule has 0 bridgehead atoms. The Balaban J connectivity index is -0.0000000480. The van der Waals surface area contributed by atoms with Crippen molar-refractivity contribution in [2.75, 3.05) is 11.5 Å². The molecule has 0 aliphatic carbocycles. The highest BCUT2D eigenvalue weighted by Gasteiger charge is 1.99. The van der Waals surface area contributed by atoms with Gasteiger partial charge in [0.1, 0.15) is 0 Å². The molecule has 0 aliphatic rings. The molecule has 7 N–H and O–H groups in total. The first-order valence-electron chi connectivity index (χ1n) is 4.05. The van der Waals surface area contributed by atoms with E-state index in [0.717, 1.165) is 0 Å². The standard InChI is InChI=1S/C3H7ClO2S.C3H9NO2S.CH4.H3N.H2O/c2*1-2-3-7(4,5)6;;;/h2-3H2,1H3;2-3H2,1H3,(H2,4,5,6);1H4;1H3;1H2. The largest absolute Gasteiger partial charge is 0.412 e. The fourth-order valence-corrected chi connectivity index (χ4v) is 2.05. The van der Waals surface area contributed by atoms with Crippen molar-refractivity contribution in [3.8, 4) is 0 Å². The Labute approximate surface area is 109 Å². The number of rotatable bonds is 4. The molecule has 0 spiro atoms. The lowest BCUT2D eigenvalue weighted by molar-refractivity contribution is 0.596. The molecule has 0 aromatic heterocycles. The maximum absolute atomic E-state index is 10.0. The van der Waals surface area contributed by atoms with Gasteiger partial charge in [-0.05, 0) is 12.8 Å². The van der Waals surface area contributed by atoms with Crippen LogP contribution in [0, 0.1) is 0 Å². The number of nitrogens with two attached hydrogens (primary N) is 1. The van der Waals surface area contributed by atoms with Crippen LogP contribution in [-0.2, 0) is 19.1 Å². The first kappa shape index (κ1) is 30.3. The highest BCUT2D eigenvalue weighted by molar-refractivity contribution is 8.13. The molecule has 10 heteroatoms. The molecule has 0 atom stereocenters. The summed E-state index contributed by atoms with van der Waals surface area (Å²) < 4.78 is 40.0. The summed E-state index contributed by atoms with van der Waals surface area (Å²) in [6, 6.07) is 0. The zero-order valence-corrected chi connectivity index (χ0v) is 11.8. The minimum Gasteiger partial charge on any atom is -0.412 e. The SMILES string of the molecule is C.CCCS(=O)(=O)Cl.CCCS(N)(=O)=O.N.O. The van der Waals surface area contributed by atoms with E-state index in [0.29, 0.717) is 12.8 Å². The van der Waals surface area contributed by atoms with E-state index in [9.17, 15) is 16.8 Å². The minimum absolute atomic E-state index is 0. The lowest BCUT2D eigenvalue weighted by Gasteiger charge is -1.87. The molecule has 0 rings (SSSR count). The maximum atomic E-state index is 10.0. The molecule has 112 valence electrons. The van der Waals surface area contributed by atoms with Crippen LogP contribution < -0.4 is 11.3 Å². The summed E-state index contributed by atoms with van der Waals surface area (Å²) in [5.74, 6) is 0.168. The van der Waals surface area contributed by atoms with Crippen LogP contribution in [0.5, 0.6) is 0 Å². The quantitative estimate of drug-likeness (QED) is 0.725. The first-order chi connectivity index (χ1) is 6.12. The van der Waals surface area contributed by atoms with Crippen molar-refractivity contribution >= 4 is 29.8 Å². The fraction of sp³-hybridized carbons (Fsp3) is 1.00. The highest BCUT2D eigenvalue weighted by Crippen LogP contribution is 1.96. The molecule has 0 aliphatic heterocycles. The van der Waals surface area contributed by atoms with Gasteiger partial charge in [0.2, 0.25) is 19.1 Å². The molecule has 7 nitrogen and oxygen atoms in total. The van der Waals surface area contributed by atoms with Crippen LogP contribution in [0.15, 0.2) is 0 Å². The summed E-state index contributed by atoms with van der Waals surface area (Å²) in [6.45, 7) is 3.53. The highest BCUT2D eigenvalue weighted by atomic mass is 35.7. The van der Waals surface area contributed by atoms with Crippen LogP contribution in [0.2, 0.25) is 0 Å². The Morgan fingerprint density at radius 2 is 1.29 bits per heavy atom. The molecule has 0 aromatic rings. The van der Waals surface area contributed by atoms with E-state index < -0.39 is 19.1 Å². The third-order valence-electron chi connectivity index (χ3n) is 0.937. The smallest absolute Gasteiger partial charge is 0.232 e. The zero-order chi connectivity index (χ0) is 11.8. The van der Waals surface area contributed by atoms with Gasteiger partial charge in [-0.2, -0.15) is 0 Å². The Kier molecular flexibility index (Phi) is 25.2. The van der Waals surface area contributed by atoms with Crippen LogP contribution in [-0.4, -0.2) is 33.8 Å². The molecule has 0 fully saturated rings. The summed E-state index contributed by atoms with van der Waals surface area (Å²) >= 11 is 0. The van der Waals surface area contributed by atoms with E-state index in [4.69, 9.17) is 10.7 Å². The van der Waals surface area contributed by atoms with Gasteiger partial charge in [0.05, 0.1) is 11.5 Å². The van der Waals surface area contributed by atoms with Crippen molar-refractivity contribution < 1.29 is 22.3 Å². The molecule has 0 radical (unpaired) electrons. The van der Waals surface area contributed by atoms with E-state index in [1.54, 1.807) is 13.8 Å². The second kappa shape index (κ2) is 14.1. The first-order valence-corrected chi connectivity index (χ1v) is 8.24. The molecule has 0 saturated carbocycles. The van der Waals surface area contributed by atoms with Gasteiger partial charge in [0.25, 0.3) is 0 Å². The van der Waals surface area contributed by atoms with Crippen LogP contribution in [0.1, 0.15) is 34.1 Å². The topological polar surface area (TPSA) is 161 Å². The van der Waals surface area contributed by atoms with Crippen molar-refractivity contribution in [2.24, 2.45) is 5.14 Å². The van der Waals surface area contributed by atoms with Crippen LogP contribution in [0.25, 0.3) is 0 Å². The molecule has 0 heterocycles. The molecule has 0 saturated heterocycles. The average Bonchev–Trinajstić information content (AvgIpc) is 1.81. The van der Waals surface area contributed by atoms with Gasteiger partial charge in [0, 0.05) is 10.7 Å². The zero-order valence-electron chi connectivity index (χ0n) is 9.44. The number of hydrogen-bond acceptors (Lipinski definition) is 5. The third-order valence-corrected chi connectivity index (χ3v) is 3.27. The monoisotopic (exact) mass is 316 g/mol. The summed E-state index contributed by atoms with van der Waals surface area (Å²) in [7, 11) is -1.57. The van der Waals surface area contributed by atoms with E-state index in [1.165, 1.54) is 0 Å². The van der Waals surface area contributed by atoms with E-state index in [1.807, 2.05) is 0 Å². The second-order valence-electron chi connectivity index (χ2n) is 2.61. The molecule has 17 heavy (non-hydrogen) atoms. The maximum Gasteiger partial charge on any atom is 0.232 e. The Bertz CT molecular complexity index is 294. The van der Waals surface area contributed by atoms with Crippen molar-refractivity contribution in [1.29, 1.82) is 0 Å². The molecular formula is C7H25ClN2O5S2. The summed E-state index contributed by atoms with van der Waals surface area (Å²) in [6.07, 6.45) is 1.19. The lowest BCUT2D eigenvalue weighted by Crippen LogP contribution is -2.15. The van der Waals surface area contributed by atoms with Crippen LogP contribution in [0.3, 0.4) is 0 Å². The molecule has 0 amide bonds. The average molecular weight is 317 g/mol. The molecule has 0 unspecified atom stereocenters. The number of hydrogen-bond donors (Lipinski definition) is 2. The van der Waals surface area contributed by atoms with Gasteiger partial charge < -0.3 is 11.6 Å². The van der Waals surface area contributed by atoms with Gasteiger partial charge >= 0.3 is 0 Å². The number of sulfonamides is 1. The fourth-order valence-electron chi connectivity index (χ4n) is 0.528. The van der Waals surface area contributed by atoms with Crippen LogP contribution in [0.4, 0.5) is 0 Å². The predicted octanol–water partition coefficient (Wildman–Crippen LogP) is 0.623. The Morgan fingerprint density at radius 3 is 1.29 bits per heavy atom. The number of halogens is 1. The van der Waals surface area contributed by atoms with Crippen molar-refractivity contribution in [3.05, 3.63) is 0 Å². The van der Waals surface area contributed by atoms with Crippen molar-refractivity contribution in [3.63, 3.8) is 0 Å². The summed E-state index contributed by atoms with van der Waals surface area (Å²) in [5.41, 5.74) is 0. The number of primary sulfonamides is 1. The predicted molar refractivity (Wildman–Crippen MR) is 73.6 cm³/mol. The minimum atomic E-state index is -3.20. The van der Waals surface area contributed by atoms with Crippen molar-refractivity contribution in [1.82, 2.24) is 6.15 Å². The Morgan fingerprint density at radius 1 is 1.00 bits per heavy atom. The van der Waals surface area contributed by atoms with Gasteiger partial charge in [-0.3, -0.25) is 0 Å². The Hall–Kier alpha value is 0.0700. The van der Waals surface area contributed by atoms with Crippen molar-refractivity contribution in [2.45, 2.75) is 34.1 Å². The van der Waals surface area contributed by atoms with Crippen LogP contribution >= 0.6 is 10.7 Å². The van der Waals surface area contributed by atoms with Gasteiger partial charge in [-0.1, -0.05) is 21.3 Å². The lowest BCUT2D eigenvalue weighted by atomic mass is 10.6. The summed E-state index contributed by atoms with van der Waals surface area (Å²) in [5, 5.41) is 4.62. The second-order valence-corrected chi connectivity index (χ2v) is 7.24. The van der Waals surface area contributed by atoms with E-state index in [-0.39, 0.29) is 30.6 Å². The third kappa shape index (κ3) is 48.8. The van der Waals surface area contributed by atoms with E-state index >= 15 is 0 Å².